The average Bonchev–Trinajstić information content (AvgIpc) is 2.70. The van der Waals surface area contributed by atoms with Gasteiger partial charge in [0.2, 0.25) is 0 Å². The van der Waals surface area contributed by atoms with Crippen molar-refractivity contribution in [3.8, 4) is 0 Å². The molecule has 0 spiro atoms. The van der Waals surface area contributed by atoms with Crippen LogP contribution >= 0.6 is 0 Å². The minimum Gasteiger partial charge on any atom is -0.0882 e. The van der Waals surface area contributed by atoms with Crippen LogP contribution in [-0.2, 0) is 0 Å². The van der Waals surface area contributed by atoms with Crippen molar-refractivity contribution in [3.05, 3.63) is 12.2 Å². The van der Waals surface area contributed by atoms with Gasteiger partial charge in [-0.25, -0.2) is 0 Å². The predicted octanol–water partition coefficient (Wildman–Crippen LogP) is 4.95. The smallest absolute Gasteiger partial charge is 0.0319 e. The molecule has 0 amide bonds. The number of allylic oxidation sites excluding steroid dienone is 2. The SMILES string of the molecule is CC1CCCCCCC1CC1CC=CC1. The lowest BCUT2D eigenvalue weighted by Gasteiger charge is -2.28. The van der Waals surface area contributed by atoms with E-state index < -0.39 is 0 Å². The van der Waals surface area contributed by atoms with Gasteiger partial charge in [0.25, 0.3) is 0 Å². The highest BCUT2D eigenvalue weighted by Crippen LogP contribution is 2.35. The van der Waals surface area contributed by atoms with Crippen molar-refractivity contribution in [1.82, 2.24) is 0 Å². The molecule has 0 N–H and O–H groups in total. The fraction of sp³-hybridized carbons (Fsp3) is 0.867. The number of rotatable bonds is 2. The molecule has 0 aromatic carbocycles. The van der Waals surface area contributed by atoms with Gasteiger partial charge in [0, 0.05) is 0 Å². The van der Waals surface area contributed by atoms with Gasteiger partial charge in [0.1, 0.15) is 0 Å². The van der Waals surface area contributed by atoms with Crippen LogP contribution in [0.5, 0.6) is 0 Å². The Kier molecular flexibility index (Phi) is 4.29. The molecular formula is C15H26. The standard InChI is InChI=1S/C15H26/c1-13-8-4-2-3-5-11-15(13)12-14-9-6-7-10-14/h6-7,13-15H,2-5,8-12H2,1H3. The van der Waals surface area contributed by atoms with Crippen LogP contribution in [0.3, 0.4) is 0 Å². The summed E-state index contributed by atoms with van der Waals surface area (Å²) in [5.41, 5.74) is 0. The molecule has 0 aromatic heterocycles. The van der Waals surface area contributed by atoms with Gasteiger partial charge in [0.15, 0.2) is 0 Å². The third-order valence-electron chi connectivity index (χ3n) is 4.53. The Hall–Kier alpha value is -0.260. The summed E-state index contributed by atoms with van der Waals surface area (Å²) in [5.74, 6) is 3.03. The van der Waals surface area contributed by atoms with Gasteiger partial charge in [-0.2, -0.15) is 0 Å². The molecule has 86 valence electrons. The van der Waals surface area contributed by atoms with Crippen molar-refractivity contribution in [2.24, 2.45) is 17.8 Å². The quantitative estimate of drug-likeness (QED) is 0.561. The summed E-state index contributed by atoms with van der Waals surface area (Å²) in [4.78, 5) is 0. The molecule has 1 fully saturated rings. The summed E-state index contributed by atoms with van der Waals surface area (Å²) in [7, 11) is 0. The summed E-state index contributed by atoms with van der Waals surface area (Å²) in [6.45, 7) is 2.50. The van der Waals surface area contributed by atoms with Crippen molar-refractivity contribution in [3.63, 3.8) is 0 Å². The topological polar surface area (TPSA) is 0 Å². The lowest BCUT2D eigenvalue weighted by molar-refractivity contribution is 0.234. The first-order chi connectivity index (χ1) is 7.36. The maximum atomic E-state index is 2.50. The van der Waals surface area contributed by atoms with E-state index in [1.54, 1.807) is 0 Å². The Morgan fingerprint density at radius 3 is 2.33 bits per heavy atom. The van der Waals surface area contributed by atoms with Crippen LogP contribution < -0.4 is 0 Å². The Labute approximate surface area is 95.1 Å². The summed E-state index contributed by atoms with van der Waals surface area (Å²) >= 11 is 0. The molecule has 0 heteroatoms. The zero-order valence-corrected chi connectivity index (χ0v) is 10.3. The molecule has 2 atom stereocenters. The molecule has 0 aromatic rings. The van der Waals surface area contributed by atoms with Crippen LogP contribution in [0.4, 0.5) is 0 Å². The molecular weight excluding hydrogens is 180 g/mol. The second-order valence-corrected chi connectivity index (χ2v) is 5.77. The van der Waals surface area contributed by atoms with Crippen LogP contribution in [0.25, 0.3) is 0 Å². The van der Waals surface area contributed by atoms with Gasteiger partial charge in [-0.15, -0.1) is 0 Å². The van der Waals surface area contributed by atoms with Crippen LogP contribution in [0.2, 0.25) is 0 Å². The second-order valence-electron chi connectivity index (χ2n) is 5.77. The van der Waals surface area contributed by atoms with E-state index in [0.717, 1.165) is 17.8 Å². The third kappa shape index (κ3) is 3.36. The van der Waals surface area contributed by atoms with E-state index >= 15 is 0 Å². The predicted molar refractivity (Wildman–Crippen MR) is 66.8 cm³/mol. The third-order valence-corrected chi connectivity index (χ3v) is 4.53. The summed E-state index contributed by atoms with van der Waals surface area (Å²) in [5, 5.41) is 0. The monoisotopic (exact) mass is 206 g/mol. The highest BCUT2D eigenvalue weighted by molar-refractivity contribution is 4.94. The van der Waals surface area contributed by atoms with Crippen molar-refractivity contribution < 1.29 is 0 Å². The summed E-state index contributed by atoms with van der Waals surface area (Å²) in [6, 6.07) is 0. The molecule has 0 bridgehead atoms. The fourth-order valence-corrected chi connectivity index (χ4v) is 3.39. The Bertz CT molecular complexity index is 196. The van der Waals surface area contributed by atoms with E-state index in [2.05, 4.69) is 19.1 Å². The van der Waals surface area contributed by atoms with Gasteiger partial charge in [0.05, 0.1) is 0 Å². The maximum Gasteiger partial charge on any atom is -0.0319 e. The molecule has 2 aliphatic rings. The van der Waals surface area contributed by atoms with Crippen molar-refractivity contribution in [2.75, 3.05) is 0 Å². The molecule has 0 heterocycles. The van der Waals surface area contributed by atoms with E-state index in [-0.39, 0.29) is 0 Å². The Morgan fingerprint density at radius 2 is 1.60 bits per heavy atom. The molecule has 15 heavy (non-hydrogen) atoms. The first-order valence-electron chi connectivity index (χ1n) is 7.01. The van der Waals surface area contributed by atoms with Crippen molar-refractivity contribution >= 4 is 0 Å². The molecule has 0 nitrogen and oxygen atoms in total. The average molecular weight is 206 g/mol. The summed E-state index contributed by atoms with van der Waals surface area (Å²) in [6.07, 6.45) is 18.0. The van der Waals surface area contributed by atoms with Crippen molar-refractivity contribution in [1.29, 1.82) is 0 Å². The van der Waals surface area contributed by atoms with E-state index in [1.165, 1.54) is 57.8 Å². The molecule has 0 saturated heterocycles. The Morgan fingerprint density at radius 1 is 0.933 bits per heavy atom. The van der Waals surface area contributed by atoms with Gasteiger partial charge in [-0.1, -0.05) is 57.6 Å². The second kappa shape index (κ2) is 5.72. The molecule has 1 saturated carbocycles. The van der Waals surface area contributed by atoms with Gasteiger partial charge in [-0.05, 0) is 37.0 Å². The molecule has 2 unspecified atom stereocenters. The minimum absolute atomic E-state index is 0.992. The number of hydrogen-bond donors (Lipinski definition) is 0. The van der Waals surface area contributed by atoms with Crippen molar-refractivity contribution in [2.45, 2.75) is 64.7 Å². The molecule has 2 rings (SSSR count). The molecule has 0 aliphatic heterocycles. The zero-order valence-electron chi connectivity index (χ0n) is 10.3. The first kappa shape index (κ1) is 11.2. The lowest BCUT2D eigenvalue weighted by Crippen LogP contribution is -2.17. The number of hydrogen-bond acceptors (Lipinski definition) is 0. The highest BCUT2D eigenvalue weighted by Gasteiger charge is 2.22. The first-order valence-corrected chi connectivity index (χ1v) is 7.01. The zero-order chi connectivity index (χ0) is 10.5. The van der Waals surface area contributed by atoms with E-state index in [1.807, 2.05) is 0 Å². The fourth-order valence-electron chi connectivity index (χ4n) is 3.39. The maximum absolute atomic E-state index is 2.50. The Balaban J connectivity index is 1.81. The van der Waals surface area contributed by atoms with Crippen LogP contribution in [-0.4, -0.2) is 0 Å². The summed E-state index contributed by atoms with van der Waals surface area (Å²) < 4.78 is 0. The highest BCUT2D eigenvalue weighted by atomic mass is 14.3. The van der Waals surface area contributed by atoms with E-state index in [0.29, 0.717) is 0 Å². The van der Waals surface area contributed by atoms with E-state index in [9.17, 15) is 0 Å². The molecule has 0 radical (unpaired) electrons. The van der Waals surface area contributed by atoms with Crippen LogP contribution in [0.15, 0.2) is 12.2 Å². The van der Waals surface area contributed by atoms with Crippen LogP contribution in [0, 0.1) is 17.8 Å². The van der Waals surface area contributed by atoms with Gasteiger partial charge >= 0.3 is 0 Å². The molecule has 2 aliphatic carbocycles. The normalized spacial score (nSPS) is 33.9. The van der Waals surface area contributed by atoms with Gasteiger partial charge in [-0.3, -0.25) is 0 Å². The minimum atomic E-state index is 0.992. The van der Waals surface area contributed by atoms with E-state index in [4.69, 9.17) is 0 Å². The van der Waals surface area contributed by atoms with Crippen LogP contribution in [0.1, 0.15) is 64.7 Å². The largest absolute Gasteiger partial charge is 0.0882 e. The lowest BCUT2D eigenvalue weighted by atomic mass is 9.77. The van der Waals surface area contributed by atoms with Gasteiger partial charge < -0.3 is 0 Å².